The predicted octanol–water partition coefficient (Wildman–Crippen LogP) is 4.34. The van der Waals surface area contributed by atoms with Gasteiger partial charge in [-0.3, -0.25) is 4.79 Å². The molecule has 1 aromatic heterocycles. The molecule has 0 unspecified atom stereocenters. The number of nitrogens with zero attached hydrogens (tertiary/aromatic N) is 2. The van der Waals surface area contributed by atoms with Crippen LogP contribution in [0.3, 0.4) is 0 Å². The van der Waals surface area contributed by atoms with Crippen molar-refractivity contribution >= 4 is 27.5 Å². The zero-order valence-electron chi connectivity index (χ0n) is 14.4. The lowest BCUT2D eigenvalue weighted by atomic mass is 10.1. The summed E-state index contributed by atoms with van der Waals surface area (Å²) in [6, 6.07) is 13.4. The fourth-order valence-electron chi connectivity index (χ4n) is 2.55. The van der Waals surface area contributed by atoms with Gasteiger partial charge in [0.1, 0.15) is 5.75 Å². The first-order chi connectivity index (χ1) is 12.1. The van der Waals surface area contributed by atoms with Gasteiger partial charge >= 0.3 is 0 Å². The van der Waals surface area contributed by atoms with Crippen LogP contribution in [0.1, 0.15) is 22.8 Å². The molecule has 0 aliphatic heterocycles. The molecule has 0 atom stereocenters. The number of hydrogen-bond acceptors (Lipinski definition) is 3. The maximum absolute atomic E-state index is 12.5. The fourth-order valence-corrected chi connectivity index (χ4v) is 3.61. The predicted molar refractivity (Wildman–Crippen MR) is 102 cm³/mol. The molecule has 128 valence electrons. The lowest BCUT2D eigenvalue weighted by Gasteiger charge is -2.04. The Morgan fingerprint density at radius 1 is 1.28 bits per heavy atom. The molecule has 0 aliphatic carbocycles. The number of thiazole rings is 1. The van der Waals surface area contributed by atoms with E-state index >= 15 is 0 Å². The minimum absolute atomic E-state index is 0.241. The molecule has 0 radical (unpaired) electrons. The molecular formula is C20H20N2O2S. The molecular weight excluding hydrogens is 332 g/mol. The highest BCUT2D eigenvalue weighted by Gasteiger charge is 2.09. The second-order valence-corrected chi connectivity index (χ2v) is 6.64. The van der Waals surface area contributed by atoms with Crippen LogP contribution in [-0.4, -0.2) is 17.1 Å². The van der Waals surface area contributed by atoms with Crippen LogP contribution in [0.15, 0.2) is 60.1 Å². The zero-order valence-corrected chi connectivity index (χ0v) is 15.2. The van der Waals surface area contributed by atoms with Crippen LogP contribution in [-0.2, 0) is 6.54 Å². The molecule has 4 nitrogen and oxygen atoms in total. The third kappa shape index (κ3) is 3.72. The summed E-state index contributed by atoms with van der Waals surface area (Å²) < 4.78 is 8.59. The van der Waals surface area contributed by atoms with Crippen molar-refractivity contribution in [2.75, 3.05) is 6.61 Å². The van der Waals surface area contributed by atoms with Gasteiger partial charge in [-0.05, 0) is 44.2 Å². The van der Waals surface area contributed by atoms with E-state index in [4.69, 9.17) is 4.74 Å². The minimum Gasteiger partial charge on any atom is -0.494 e. The van der Waals surface area contributed by atoms with Gasteiger partial charge in [0.05, 0.1) is 16.8 Å². The van der Waals surface area contributed by atoms with E-state index in [0.717, 1.165) is 21.5 Å². The quantitative estimate of drug-likeness (QED) is 0.641. The number of fused-ring (bicyclic) bond motifs is 1. The number of amides is 1. The van der Waals surface area contributed by atoms with Gasteiger partial charge in [-0.2, -0.15) is 4.99 Å². The summed E-state index contributed by atoms with van der Waals surface area (Å²) in [5.41, 5.74) is 2.72. The van der Waals surface area contributed by atoms with Crippen LogP contribution in [0.2, 0.25) is 0 Å². The number of hydrogen-bond donors (Lipinski definition) is 0. The van der Waals surface area contributed by atoms with Crippen LogP contribution in [0, 0.1) is 6.92 Å². The molecule has 1 amide bonds. The van der Waals surface area contributed by atoms with Crippen molar-refractivity contribution in [1.29, 1.82) is 0 Å². The highest BCUT2D eigenvalue weighted by atomic mass is 32.1. The van der Waals surface area contributed by atoms with Crippen molar-refractivity contribution in [2.24, 2.45) is 4.99 Å². The lowest BCUT2D eigenvalue weighted by molar-refractivity contribution is 0.0998. The van der Waals surface area contributed by atoms with Gasteiger partial charge in [-0.1, -0.05) is 35.1 Å². The lowest BCUT2D eigenvalue weighted by Crippen LogP contribution is -2.16. The number of carbonyl (C=O) groups is 1. The number of aryl methyl sites for hydroxylation is 1. The Hall–Kier alpha value is -2.66. The summed E-state index contributed by atoms with van der Waals surface area (Å²) in [7, 11) is 0. The Labute approximate surface area is 150 Å². The normalized spacial score (nSPS) is 11.7. The number of carbonyl (C=O) groups excluding carboxylic acids is 1. The Morgan fingerprint density at radius 2 is 2.04 bits per heavy atom. The molecule has 3 rings (SSSR count). The van der Waals surface area contributed by atoms with Gasteiger partial charge in [-0.15, -0.1) is 6.58 Å². The monoisotopic (exact) mass is 352 g/mol. The minimum atomic E-state index is -0.241. The second-order valence-electron chi connectivity index (χ2n) is 5.63. The van der Waals surface area contributed by atoms with Crippen LogP contribution in [0.4, 0.5) is 0 Å². The number of aromatic nitrogens is 1. The van der Waals surface area contributed by atoms with Crippen LogP contribution in [0.5, 0.6) is 5.75 Å². The van der Waals surface area contributed by atoms with Gasteiger partial charge in [0.25, 0.3) is 5.91 Å². The smallest absolute Gasteiger partial charge is 0.279 e. The third-order valence-electron chi connectivity index (χ3n) is 3.77. The van der Waals surface area contributed by atoms with Crippen molar-refractivity contribution in [3.05, 3.63) is 71.0 Å². The van der Waals surface area contributed by atoms with Gasteiger partial charge in [0, 0.05) is 12.1 Å². The Bertz CT molecular complexity index is 981. The summed E-state index contributed by atoms with van der Waals surface area (Å²) in [5.74, 6) is 0.577. The largest absolute Gasteiger partial charge is 0.494 e. The standard InChI is InChI=1S/C20H20N2O2S/c1-4-12-22-17-11-10-16(24-5-2)13-18(17)25-20(22)21-19(23)15-8-6-14(3)7-9-15/h4,6-11,13H,1,5,12H2,2-3H3. The van der Waals surface area contributed by atoms with Crippen molar-refractivity contribution in [2.45, 2.75) is 20.4 Å². The topological polar surface area (TPSA) is 43.6 Å². The van der Waals surface area contributed by atoms with Crippen LogP contribution in [0.25, 0.3) is 10.2 Å². The van der Waals surface area contributed by atoms with Crippen LogP contribution < -0.4 is 9.54 Å². The highest BCUT2D eigenvalue weighted by Crippen LogP contribution is 2.23. The molecule has 5 heteroatoms. The molecule has 0 N–H and O–H groups in total. The number of rotatable bonds is 5. The maximum atomic E-state index is 12.5. The van der Waals surface area contributed by atoms with E-state index in [2.05, 4.69) is 11.6 Å². The number of allylic oxidation sites excluding steroid dienone is 1. The number of benzene rings is 2. The number of ether oxygens (including phenoxy) is 1. The van der Waals surface area contributed by atoms with Crippen molar-refractivity contribution in [1.82, 2.24) is 4.57 Å². The third-order valence-corrected chi connectivity index (χ3v) is 4.81. The molecule has 0 spiro atoms. The molecule has 1 heterocycles. The average molecular weight is 352 g/mol. The van der Waals surface area contributed by atoms with Crippen molar-refractivity contribution in [3.63, 3.8) is 0 Å². The molecule has 2 aromatic carbocycles. The van der Waals surface area contributed by atoms with E-state index < -0.39 is 0 Å². The summed E-state index contributed by atoms with van der Waals surface area (Å²) in [6.45, 7) is 8.97. The zero-order chi connectivity index (χ0) is 17.8. The van der Waals surface area contributed by atoms with Crippen molar-refractivity contribution in [3.8, 4) is 5.75 Å². The van der Waals surface area contributed by atoms with E-state index in [1.54, 1.807) is 18.2 Å². The second kappa shape index (κ2) is 7.49. The van der Waals surface area contributed by atoms with E-state index in [-0.39, 0.29) is 5.91 Å². The van der Waals surface area contributed by atoms with E-state index in [1.165, 1.54) is 11.3 Å². The first kappa shape index (κ1) is 17.2. The van der Waals surface area contributed by atoms with Crippen molar-refractivity contribution < 1.29 is 9.53 Å². The summed E-state index contributed by atoms with van der Waals surface area (Å²) >= 11 is 1.48. The molecule has 0 fully saturated rings. The highest BCUT2D eigenvalue weighted by molar-refractivity contribution is 7.16. The molecule has 0 saturated heterocycles. The summed E-state index contributed by atoms with van der Waals surface area (Å²) in [5, 5.41) is 0. The molecule has 3 aromatic rings. The SMILES string of the molecule is C=CCn1c(=NC(=O)c2ccc(C)cc2)sc2cc(OCC)ccc21. The van der Waals surface area contributed by atoms with E-state index in [1.807, 2.05) is 48.7 Å². The Kier molecular flexibility index (Phi) is 5.14. The average Bonchev–Trinajstić information content (AvgIpc) is 2.93. The molecule has 25 heavy (non-hydrogen) atoms. The molecule has 0 saturated carbocycles. The Morgan fingerprint density at radius 3 is 2.72 bits per heavy atom. The maximum Gasteiger partial charge on any atom is 0.279 e. The summed E-state index contributed by atoms with van der Waals surface area (Å²) in [4.78, 5) is 17.5. The van der Waals surface area contributed by atoms with E-state index in [9.17, 15) is 4.79 Å². The first-order valence-electron chi connectivity index (χ1n) is 8.15. The van der Waals surface area contributed by atoms with Gasteiger partial charge in [0.2, 0.25) is 0 Å². The Balaban J connectivity index is 2.09. The van der Waals surface area contributed by atoms with Crippen LogP contribution >= 0.6 is 11.3 Å². The van der Waals surface area contributed by atoms with Gasteiger partial charge in [-0.25, -0.2) is 0 Å². The fraction of sp³-hybridized carbons (Fsp3) is 0.200. The first-order valence-corrected chi connectivity index (χ1v) is 8.97. The summed E-state index contributed by atoms with van der Waals surface area (Å²) in [6.07, 6.45) is 1.80. The molecule has 0 aliphatic rings. The van der Waals surface area contributed by atoms with E-state index in [0.29, 0.717) is 23.5 Å². The molecule has 0 bridgehead atoms. The van der Waals surface area contributed by atoms with Gasteiger partial charge in [0.15, 0.2) is 4.80 Å². The van der Waals surface area contributed by atoms with Gasteiger partial charge < -0.3 is 9.30 Å².